The third-order valence-electron chi connectivity index (χ3n) is 8.28. The molecule has 0 radical (unpaired) electrons. The van der Waals surface area contributed by atoms with Crippen LogP contribution in [0.25, 0.3) is 32.9 Å². The molecule has 6 nitrogen and oxygen atoms in total. The van der Waals surface area contributed by atoms with Gasteiger partial charge in [0.15, 0.2) is 5.78 Å². The van der Waals surface area contributed by atoms with E-state index >= 15 is 0 Å². The number of fused-ring (bicyclic) bond motifs is 3. The van der Waals surface area contributed by atoms with Crippen molar-refractivity contribution in [1.82, 2.24) is 14.9 Å². The summed E-state index contributed by atoms with van der Waals surface area (Å²) in [6.45, 7) is 15.7. The molecule has 0 bridgehead atoms. The highest BCUT2D eigenvalue weighted by molar-refractivity contribution is 6.00. The van der Waals surface area contributed by atoms with E-state index in [-0.39, 0.29) is 23.3 Å². The van der Waals surface area contributed by atoms with Gasteiger partial charge in [-0.05, 0) is 50.3 Å². The number of nitrogens with zero attached hydrogens (tertiary/aromatic N) is 4. The molecule has 184 valence electrons. The summed E-state index contributed by atoms with van der Waals surface area (Å²) in [7, 11) is 0. The van der Waals surface area contributed by atoms with Crippen LogP contribution in [0.4, 0.5) is 0 Å². The van der Waals surface area contributed by atoms with Crippen molar-refractivity contribution in [3.05, 3.63) is 100 Å². The van der Waals surface area contributed by atoms with Crippen LogP contribution in [-0.2, 0) is 16.6 Å². The maximum absolute atomic E-state index is 12.9. The number of hydrogen-bond donors (Lipinski definition) is 0. The number of allylic oxidation sites excluding steroid dienone is 2. The second-order valence-electron chi connectivity index (χ2n) is 10.4. The summed E-state index contributed by atoms with van der Waals surface area (Å²) in [4.78, 5) is 16.6. The van der Waals surface area contributed by atoms with Crippen molar-refractivity contribution in [2.45, 2.75) is 46.0 Å². The van der Waals surface area contributed by atoms with Crippen molar-refractivity contribution >= 4 is 5.78 Å². The number of carbonyl (C=O) groups is 1. The number of Topliss-reactive ketones (excluding diaryl/α,β-unsaturated/α-hetero) is 1. The molecular formula is C31H28N4O2. The molecule has 0 spiro atoms. The van der Waals surface area contributed by atoms with Gasteiger partial charge in [0.25, 0.3) is 0 Å². The zero-order valence-corrected chi connectivity index (χ0v) is 21.4. The van der Waals surface area contributed by atoms with Gasteiger partial charge in [-0.2, -0.15) is 5.10 Å². The van der Waals surface area contributed by atoms with Gasteiger partial charge in [-0.15, -0.1) is 0 Å². The lowest BCUT2D eigenvalue weighted by Gasteiger charge is -2.45. The van der Waals surface area contributed by atoms with E-state index in [1.807, 2.05) is 49.7 Å². The summed E-state index contributed by atoms with van der Waals surface area (Å²) in [5.41, 5.74) is 7.92. The third-order valence-corrected chi connectivity index (χ3v) is 8.28. The maximum atomic E-state index is 12.9. The van der Waals surface area contributed by atoms with E-state index in [4.69, 9.17) is 16.2 Å². The molecular weight excluding hydrogens is 460 g/mol. The number of hydrogen-bond acceptors (Lipinski definition) is 4. The Hall–Kier alpha value is -4.24. The molecule has 2 heterocycles. The average molecular weight is 489 g/mol. The summed E-state index contributed by atoms with van der Waals surface area (Å²) < 4.78 is 7.42. The molecule has 2 aromatic carbocycles. The summed E-state index contributed by atoms with van der Waals surface area (Å²) in [6.07, 6.45) is 3.64. The predicted octanol–water partition coefficient (Wildman–Crippen LogP) is 6.65. The fourth-order valence-electron chi connectivity index (χ4n) is 6.50. The van der Waals surface area contributed by atoms with Crippen molar-refractivity contribution < 1.29 is 9.32 Å². The minimum absolute atomic E-state index is 0.0425. The number of aromatic nitrogens is 3. The van der Waals surface area contributed by atoms with Crippen LogP contribution in [0, 0.1) is 32.3 Å². The van der Waals surface area contributed by atoms with Gasteiger partial charge < -0.3 is 9.32 Å². The quantitative estimate of drug-likeness (QED) is 0.303. The molecule has 2 aliphatic carbocycles. The second-order valence-corrected chi connectivity index (χ2v) is 10.4. The Morgan fingerprint density at radius 1 is 1.08 bits per heavy atom. The number of aryl methyl sites for hydroxylation is 2. The zero-order chi connectivity index (χ0) is 25.9. The highest BCUT2D eigenvalue weighted by Gasteiger charge is 2.50. The van der Waals surface area contributed by atoms with Gasteiger partial charge in [0.05, 0.1) is 29.3 Å². The van der Waals surface area contributed by atoms with Crippen molar-refractivity contribution in [1.29, 1.82) is 0 Å². The molecule has 3 atom stereocenters. The third kappa shape index (κ3) is 3.41. The SMILES string of the molecule is [C-]#[N+]C1=C[C@@]2(C)c3c(c(-c4ccccc4)nn3-c3ccc(-c4c(C)noc4C)cc3)CC[C@@H]2[C@@H](C)C1=O. The molecule has 0 N–H and O–H groups in total. The first-order valence-corrected chi connectivity index (χ1v) is 12.7. The van der Waals surface area contributed by atoms with E-state index in [2.05, 4.69) is 53.3 Å². The first kappa shape index (κ1) is 23.2. The number of rotatable bonds is 3. The van der Waals surface area contributed by atoms with Crippen LogP contribution in [0.1, 0.15) is 43.0 Å². The van der Waals surface area contributed by atoms with Gasteiger partial charge in [-0.1, -0.05) is 67.5 Å². The van der Waals surface area contributed by atoms with E-state index in [0.29, 0.717) is 0 Å². The molecule has 6 rings (SSSR count). The normalized spacial score (nSPS) is 22.7. The molecule has 0 saturated heterocycles. The molecule has 0 unspecified atom stereocenters. The van der Waals surface area contributed by atoms with Crippen LogP contribution in [0.3, 0.4) is 0 Å². The first-order chi connectivity index (χ1) is 17.8. The van der Waals surface area contributed by atoms with Crippen LogP contribution in [0.5, 0.6) is 0 Å². The molecule has 0 amide bonds. The van der Waals surface area contributed by atoms with Gasteiger partial charge in [-0.3, -0.25) is 0 Å². The topological polar surface area (TPSA) is 65.3 Å². The molecule has 0 saturated carbocycles. The van der Waals surface area contributed by atoms with E-state index < -0.39 is 5.41 Å². The van der Waals surface area contributed by atoms with Crippen LogP contribution in [0.2, 0.25) is 0 Å². The van der Waals surface area contributed by atoms with E-state index in [0.717, 1.165) is 58.1 Å². The van der Waals surface area contributed by atoms with E-state index in [9.17, 15) is 4.79 Å². The average Bonchev–Trinajstić information content (AvgIpc) is 3.47. The lowest BCUT2D eigenvalue weighted by atomic mass is 9.58. The lowest BCUT2D eigenvalue weighted by Crippen LogP contribution is -2.46. The van der Waals surface area contributed by atoms with E-state index in [1.54, 1.807) is 0 Å². The van der Waals surface area contributed by atoms with Gasteiger partial charge >= 0.3 is 0 Å². The fourth-order valence-corrected chi connectivity index (χ4v) is 6.50. The zero-order valence-electron chi connectivity index (χ0n) is 21.4. The maximum Gasteiger partial charge on any atom is 0.226 e. The summed E-state index contributed by atoms with van der Waals surface area (Å²) in [6, 6.07) is 18.6. The van der Waals surface area contributed by atoms with Crippen molar-refractivity contribution in [2.75, 3.05) is 0 Å². The smallest absolute Gasteiger partial charge is 0.226 e. The second kappa shape index (κ2) is 8.41. The number of benzene rings is 2. The van der Waals surface area contributed by atoms with Gasteiger partial charge in [0, 0.05) is 28.0 Å². The summed E-state index contributed by atoms with van der Waals surface area (Å²) >= 11 is 0. The monoisotopic (exact) mass is 488 g/mol. The lowest BCUT2D eigenvalue weighted by molar-refractivity contribution is -0.121. The summed E-state index contributed by atoms with van der Waals surface area (Å²) in [5.74, 6) is 0.650. The van der Waals surface area contributed by atoms with Crippen molar-refractivity contribution in [3.8, 4) is 28.1 Å². The molecule has 37 heavy (non-hydrogen) atoms. The van der Waals surface area contributed by atoms with E-state index in [1.165, 1.54) is 5.56 Å². The molecule has 0 fully saturated rings. The number of ketones is 1. The largest absolute Gasteiger partial charge is 0.361 e. The highest BCUT2D eigenvalue weighted by atomic mass is 16.5. The standard InChI is InChI=1S/C31H28N4O2/c1-18-25-16-15-24-28(22-9-7-6-8-10-22)33-35(30(24)31(25,4)17-26(32-5)29(18)36)23-13-11-21(12-14-23)27-19(2)34-37-20(27)3/h6-14,17-18,25H,15-16H2,1-4H3/t18-,25-,31-/m1/s1. The molecule has 2 aromatic heterocycles. The van der Waals surface area contributed by atoms with Gasteiger partial charge in [0.1, 0.15) is 5.76 Å². The minimum Gasteiger partial charge on any atom is -0.361 e. The Kier molecular flexibility index (Phi) is 5.27. The Labute approximate surface area is 216 Å². The van der Waals surface area contributed by atoms with Gasteiger partial charge in [0.2, 0.25) is 5.70 Å². The Bertz CT molecular complexity index is 1580. The van der Waals surface area contributed by atoms with Crippen LogP contribution in [-0.4, -0.2) is 20.7 Å². The Morgan fingerprint density at radius 3 is 2.46 bits per heavy atom. The molecule has 2 aliphatic rings. The predicted molar refractivity (Wildman–Crippen MR) is 142 cm³/mol. The summed E-state index contributed by atoms with van der Waals surface area (Å²) in [5, 5.41) is 9.28. The fraction of sp³-hybridized carbons (Fsp3) is 0.290. The molecule has 4 aromatic rings. The van der Waals surface area contributed by atoms with Crippen LogP contribution < -0.4 is 0 Å². The van der Waals surface area contributed by atoms with Gasteiger partial charge in [-0.25, -0.2) is 9.53 Å². The Balaban J connectivity index is 1.58. The minimum atomic E-state index is -0.485. The van der Waals surface area contributed by atoms with Crippen LogP contribution in [0.15, 0.2) is 70.9 Å². The number of carbonyl (C=O) groups excluding carboxylic acids is 1. The van der Waals surface area contributed by atoms with Crippen LogP contribution >= 0.6 is 0 Å². The van der Waals surface area contributed by atoms with Crippen molar-refractivity contribution in [3.63, 3.8) is 0 Å². The molecule has 0 aliphatic heterocycles. The first-order valence-electron chi connectivity index (χ1n) is 12.7. The Morgan fingerprint density at radius 2 is 1.81 bits per heavy atom. The highest BCUT2D eigenvalue weighted by Crippen LogP contribution is 2.52. The van der Waals surface area contributed by atoms with Crippen molar-refractivity contribution in [2.24, 2.45) is 11.8 Å². The molecule has 6 heteroatoms.